The Hall–Kier alpha value is -3.75. The predicted molar refractivity (Wildman–Crippen MR) is 169 cm³/mol. The van der Waals surface area contributed by atoms with Gasteiger partial charge in [-0.3, -0.25) is 29.8 Å². The van der Waals surface area contributed by atoms with E-state index >= 15 is 0 Å². The Morgan fingerprint density at radius 2 is 1.33 bits per heavy atom. The van der Waals surface area contributed by atoms with Crippen molar-refractivity contribution in [3.8, 4) is 0 Å². The first-order chi connectivity index (χ1) is 21.7. The minimum atomic E-state index is -4.37. The Morgan fingerprint density at radius 3 is 1.91 bits per heavy atom. The van der Waals surface area contributed by atoms with E-state index in [0.717, 1.165) is 51.4 Å². The molecule has 2 rings (SSSR count). The van der Waals surface area contributed by atoms with Crippen LogP contribution >= 0.6 is 0 Å². The van der Waals surface area contributed by atoms with Crippen LogP contribution in [0.25, 0.3) is 0 Å². The molecule has 1 aromatic carbocycles. The normalized spacial score (nSPS) is 11.4. The SMILES string of the molecule is O=C(CCCCCCCCCCCO)NNC(=O)CCCCCNC(=O)c1ccc(N=NCc2ccccc2S(=O)(=O)O)nc1. The maximum absolute atomic E-state index is 12.4. The molecule has 0 aliphatic heterocycles. The van der Waals surface area contributed by atoms with Gasteiger partial charge in [-0.2, -0.15) is 13.5 Å². The maximum Gasteiger partial charge on any atom is 0.294 e. The molecule has 0 fully saturated rings. The van der Waals surface area contributed by atoms with Crippen molar-refractivity contribution in [1.29, 1.82) is 0 Å². The van der Waals surface area contributed by atoms with E-state index < -0.39 is 10.1 Å². The number of aliphatic hydroxyl groups excluding tert-OH is 1. The highest BCUT2D eigenvalue weighted by atomic mass is 32.2. The monoisotopic (exact) mass is 646 g/mol. The van der Waals surface area contributed by atoms with Crippen molar-refractivity contribution < 1.29 is 32.5 Å². The minimum Gasteiger partial charge on any atom is -0.396 e. The largest absolute Gasteiger partial charge is 0.396 e. The standard InChI is InChI=1S/C31H46N6O7S/c38-22-14-7-5-3-1-2-4-6-9-17-29(39)36-37-30(40)18-10-8-13-21-32-31(41)26-19-20-28(33-23-26)35-34-24-25-15-11-12-16-27(25)45(42,43)44/h11-12,15-16,19-20,23,38H,1-10,13-14,17-18,21-22,24H2,(H,32,41)(H,36,39)(H,37,40)(H,42,43,44). The van der Waals surface area contributed by atoms with Gasteiger partial charge in [0.1, 0.15) is 0 Å². The molecule has 0 aliphatic rings. The average Bonchev–Trinajstić information content (AvgIpc) is 3.02. The van der Waals surface area contributed by atoms with Crippen LogP contribution in [0.5, 0.6) is 0 Å². The van der Waals surface area contributed by atoms with Crippen molar-refractivity contribution in [3.05, 3.63) is 53.7 Å². The van der Waals surface area contributed by atoms with Crippen LogP contribution in [0.2, 0.25) is 0 Å². The highest BCUT2D eigenvalue weighted by molar-refractivity contribution is 7.85. The first kappa shape index (κ1) is 37.4. The van der Waals surface area contributed by atoms with Crippen molar-refractivity contribution in [2.45, 2.75) is 101 Å². The number of nitrogens with one attached hydrogen (secondary N) is 3. The topological polar surface area (TPSA) is 200 Å². The van der Waals surface area contributed by atoms with Gasteiger partial charge in [0.05, 0.1) is 17.0 Å². The quantitative estimate of drug-likeness (QED) is 0.0512. The summed E-state index contributed by atoms with van der Waals surface area (Å²) in [4.78, 5) is 40.1. The predicted octanol–water partition coefficient (Wildman–Crippen LogP) is 4.94. The third-order valence-electron chi connectivity index (χ3n) is 6.94. The number of hydrogen-bond acceptors (Lipinski definition) is 9. The number of hydrogen-bond donors (Lipinski definition) is 5. The summed E-state index contributed by atoms with van der Waals surface area (Å²) in [7, 11) is -4.37. The zero-order chi connectivity index (χ0) is 32.8. The molecular weight excluding hydrogens is 600 g/mol. The molecule has 0 atom stereocenters. The molecule has 0 saturated heterocycles. The molecule has 5 N–H and O–H groups in total. The lowest BCUT2D eigenvalue weighted by molar-refractivity contribution is -0.129. The number of nitrogens with zero attached hydrogens (tertiary/aromatic N) is 3. The Balaban J connectivity index is 1.51. The second-order valence-electron chi connectivity index (χ2n) is 10.7. The van der Waals surface area contributed by atoms with Crippen LogP contribution in [0.4, 0.5) is 5.82 Å². The molecule has 1 heterocycles. The molecule has 14 heteroatoms. The van der Waals surface area contributed by atoms with E-state index in [2.05, 4.69) is 31.4 Å². The molecule has 0 unspecified atom stereocenters. The highest BCUT2D eigenvalue weighted by Crippen LogP contribution is 2.17. The fourth-order valence-corrected chi connectivity index (χ4v) is 5.15. The van der Waals surface area contributed by atoms with Crippen LogP contribution in [0.3, 0.4) is 0 Å². The number of amides is 3. The smallest absolute Gasteiger partial charge is 0.294 e. The number of rotatable bonds is 22. The molecule has 2 aromatic rings. The summed E-state index contributed by atoms with van der Waals surface area (Å²) in [6, 6.07) is 8.98. The second kappa shape index (κ2) is 21.9. The van der Waals surface area contributed by atoms with Crippen LogP contribution in [-0.2, 0) is 26.3 Å². The van der Waals surface area contributed by atoms with Crippen LogP contribution in [-0.4, -0.2) is 53.9 Å². The number of carbonyl (C=O) groups excluding carboxylic acids is 3. The Bertz CT molecular complexity index is 1320. The van der Waals surface area contributed by atoms with Gasteiger partial charge in [-0.25, -0.2) is 4.98 Å². The van der Waals surface area contributed by atoms with E-state index in [1.54, 1.807) is 12.1 Å². The third-order valence-corrected chi connectivity index (χ3v) is 7.90. The van der Waals surface area contributed by atoms with Crippen molar-refractivity contribution in [2.75, 3.05) is 13.2 Å². The van der Waals surface area contributed by atoms with E-state index in [9.17, 15) is 27.4 Å². The molecule has 1 aromatic heterocycles. The third kappa shape index (κ3) is 16.8. The lowest BCUT2D eigenvalue weighted by Crippen LogP contribution is -2.41. The lowest BCUT2D eigenvalue weighted by atomic mass is 10.1. The number of pyridine rings is 1. The van der Waals surface area contributed by atoms with Crippen molar-refractivity contribution in [2.24, 2.45) is 10.2 Å². The van der Waals surface area contributed by atoms with E-state index in [-0.39, 0.29) is 53.6 Å². The number of aromatic nitrogens is 1. The number of benzene rings is 1. The van der Waals surface area contributed by atoms with Crippen LogP contribution in [0, 0.1) is 0 Å². The summed E-state index contributed by atoms with van der Waals surface area (Å²) in [5.41, 5.74) is 5.54. The number of carbonyl (C=O) groups is 3. The van der Waals surface area contributed by atoms with Crippen LogP contribution in [0.15, 0.2) is 57.7 Å². The first-order valence-electron chi connectivity index (χ1n) is 15.6. The van der Waals surface area contributed by atoms with Gasteiger partial charge in [-0.1, -0.05) is 69.6 Å². The van der Waals surface area contributed by atoms with E-state index in [1.165, 1.54) is 43.3 Å². The number of aliphatic hydroxyl groups is 1. The zero-order valence-electron chi connectivity index (χ0n) is 25.7. The van der Waals surface area contributed by atoms with Crippen LogP contribution < -0.4 is 16.2 Å². The minimum absolute atomic E-state index is 0.0782. The van der Waals surface area contributed by atoms with E-state index in [0.29, 0.717) is 31.4 Å². The fourth-order valence-electron chi connectivity index (χ4n) is 4.44. The molecule has 0 radical (unpaired) electrons. The number of azo groups is 1. The molecular formula is C31H46N6O7S. The number of hydrazine groups is 1. The summed E-state index contributed by atoms with van der Waals surface area (Å²) < 4.78 is 32.2. The molecule has 0 bridgehead atoms. The Labute approximate surface area is 265 Å². The first-order valence-corrected chi connectivity index (χ1v) is 17.0. The molecule has 3 amide bonds. The Kier molecular flexibility index (Phi) is 18.2. The molecule has 45 heavy (non-hydrogen) atoms. The summed E-state index contributed by atoms with van der Waals surface area (Å²) in [5, 5.41) is 19.4. The summed E-state index contributed by atoms with van der Waals surface area (Å²) in [5.74, 6) is -0.511. The average molecular weight is 647 g/mol. The van der Waals surface area contributed by atoms with Gasteiger partial charge in [0.15, 0.2) is 5.82 Å². The molecule has 13 nitrogen and oxygen atoms in total. The molecule has 0 spiro atoms. The Morgan fingerprint density at radius 1 is 0.756 bits per heavy atom. The molecule has 0 aliphatic carbocycles. The maximum atomic E-state index is 12.4. The van der Waals surface area contributed by atoms with Gasteiger partial charge >= 0.3 is 0 Å². The van der Waals surface area contributed by atoms with E-state index in [1.807, 2.05) is 0 Å². The van der Waals surface area contributed by atoms with Gasteiger partial charge < -0.3 is 10.4 Å². The fraction of sp³-hybridized carbons (Fsp3) is 0.548. The van der Waals surface area contributed by atoms with Crippen molar-refractivity contribution in [1.82, 2.24) is 21.2 Å². The number of unbranched alkanes of at least 4 members (excludes halogenated alkanes) is 10. The van der Waals surface area contributed by atoms with Gasteiger partial charge in [-0.15, -0.1) is 5.11 Å². The van der Waals surface area contributed by atoms with Gasteiger partial charge in [0.25, 0.3) is 16.0 Å². The van der Waals surface area contributed by atoms with Gasteiger partial charge in [0.2, 0.25) is 11.8 Å². The zero-order valence-corrected chi connectivity index (χ0v) is 26.6. The van der Waals surface area contributed by atoms with Crippen molar-refractivity contribution in [3.63, 3.8) is 0 Å². The highest BCUT2D eigenvalue weighted by Gasteiger charge is 2.14. The van der Waals surface area contributed by atoms with Crippen molar-refractivity contribution >= 4 is 33.7 Å². The summed E-state index contributed by atoms with van der Waals surface area (Å²) >= 11 is 0. The van der Waals surface area contributed by atoms with E-state index in [4.69, 9.17) is 5.11 Å². The molecule has 248 valence electrons. The summed E-state index contributed by atoms with van der Waals surface area (Å²) in [6.45, 7) is 0.617. The van der Waals surface area contributed by atoms with Gasteiger partial charge in [0, 0.05) is 32.2 Å². The molecule has 0 saturated carbocycles. The van der Waals surface area contributed by atoms with Crippen LogP contribution in [0.1, 0.15) is 106 Å². The van der Waals surface area contributed by atoms with Gasteiger partial charge in [-0.05, 0) is 49.4 Å². The second-order valence-corrected chi connectivity index (χ2v) is 12.1. The lowest BCUT2D eigenvalue weighted by Gasteiger charge is -2.08. The summed E-state index contributed by atoms with van der Waals surface area (Å²) in [6.07, 6.45) is 13.6.